The Kier molecular flexibility index (Phi) is 5.35. The van der Waals surface area contributed by atoms with Crippen LogP contribution >= 0.6 is 0 Å². The van der Waals surface area contributed by atoms with Crippen molar-refractivity contribution in [3.05, 3.63) is 59.7 Å². The van der Waals surface area contributed by atoms with Crippen molar-refractivity contribution < 1.29 is 9.53 Å². The van der Waals surface area contributed by atoms with Crippen molar-refractivity contribution in [2.24, 2.45) is 5.73 Å². The molecule has 0 bridgehead atoms. The number of nitrogens with two attached hydrogens (primary N) is 1. The summed E-state index contributed by atoms with van der Waals surface area (Å²) in [5, 5.41) is 2.87. The van der Waals surface area contributed by atoms with E-state index in [4.69, 9.17) is 10.5 Å². The van der Waals surface area contributed by atoms with Crippen LogP contribution in [-0.2, 0) is 17.8 Å². The monoisotopic (exact) mass is 284 g/mol. The Morgan fingerprint density at radius 1 is 1.14 bits per heavy atom. The lowest BCUT2D eigenvalue weighted by molar-refractivity contribution is -0.115. The maximum Gasteiger partial charge on any atom is 0.228 e. The summed E-state index contributed by atoms with van der Waals surface area (Å²) in [6, 6.07) is 15.1. The molecule has 0 aliphatic rings. The first-order chi connectivity index (χ1) is 10.2. The highest BCUT2D eigenvalue weighted by molar-refractivity contribution is 5.92. The molecule has 0 aliphatic carbocycles. The molecule has 2 aromatic carbocycles. The molecule has 2 rings (SSSR count). The van der Waals surface area contributed by atoms with Crippen LogP contribution in [0.25, 0.3) is 0 Å². The molecule has 0 saturated heterocycles. The normalized spacial score (nSPS) is 10.2. The summed E-state index contributed by atoms with van der Waals surface area (Å²) >= 11 is 0. The number of benzene rings is 2. The fourth-order valence-electron chi connectivity index (χ4n) is 2.01. The Balaban J connectivity index is 1.95. The quantitative estimate of drug-likeness (QED) is 0.857. The third-order valence-electron chi connectivity index (χ3n) is 3.05. The molecule has 3 N–H and O–H groups in total. The van der Waals surface area contributed by atoms with E-state index in [9.17, 15) is 4.79 Å². The third-order valence-corrected chi connectivity index (χ3v) is 3.05. The van der Waals surface area contributed by atoms with Crippen LogP contribution in [0.4, 0.5) is 5.69 Å². The molecule has 0 heterocycles. The molecule has 4 nitrogen and oxygen atoms in total. The molecule has 0 aromatic heterocycles. The lowest BCUT2D eigenvalue weighted by Gasteiger charge is -2.08. The van der Waals surface area contributed by atoms with Crippen LogP contribution in [0.5, 0.6) is 5.75 Å². The minimum atomic E-state index is -0.0517. The van der Waals surface area contributed by atoms with E-state index in [0.29, 0.717) is 19.6 Å². The van der Waals surface area contributed by atoms with Gasteiger partial charge in [0.15, 0.2) is 0 Å². The molecular weight excluding hydrogens is 264 g/mol. The Morgan fingerprint density at radius 2 is 1.86 bits per heavy atom. The molecule has 0 spiro atoms. The minimum Gasteiger partial charge on any atom is -0.494 e. The number of carbonyl (C=O) groups is 1. The van der Waals surface area contributed by atoms with Crippen LogP contribution in [0.2, 0.25) is 0 Å². The van der Waals surface area contributed by atoms with Crippen LogP contribution in [0, 0.1) is 0 Å². The molecule has 110 valence electrons. The number of ether oxygens (including phenoxy) is 1. The van der Waals surface area contributed by atoms with Gasteiger partial charge in [-0.05, 0) is 30.2 Å². The van der Waals surface area contributed by atoms with Crippen molar-refractivity contribution in [2.75, 3.05) is 11.9 Å². The first kappa shape index (κ1) is 15.1. The lowest BCUT2D eigenvalue weighted by Crippen LogP contribution is -2.14. The summed E-state index contributed by atoms with van der Waals surface area (Å²) in [7, 11) is 0. The van der Waals surface area contributed by atoms with Crippen molar-refractivity contribution in [2.45, 2.75) is 19.9 Å². The van der Waals surface area contributed by atoms with Crippen molar-refractivity contribution in [1.29, 1.82) is 0 Å². The number of hydrogen-bond donors (Lipinski definition) is 2. The molecule has 0 saturated carbocycles. The van der Waals surface area contributed by atoms with Gasteiger partial charge < -0.3 is 15.8 Å². The summed E-state index contributed by atoms with van der Waals surface area (Å²) in [5.41, 5.74) is 8.31. The van der Waals surface area contributed by atoms with Gasteiger partial charge in [0.25, 0.3) is 0 Å². The van der Waals surface area contributed by atoms with Crippen molar-refractivity contribution in [3.63, 3.8) is 0 Å². The highest BCUT2D eigenvalue weighted by Gasteiger charge is 2.05. The molecule has 21 heavy (non-hydrogen) atoms. The first-order valence-electron chi connectivity index (χ1n) is 7.02. The van der Waals surface area contributed by atoms with E-state index in [2.05, 4.69) is 5.32 Å². The van der Waals surface area contributed by atoms with E-state index in [0.717, 1.165) is 22.6 Å². The van der Waals surface area contributed by atoms with Crippen LogP contribution in [0.3, 0.4) is 0 Å². The largest absolute Gasteiger partial charge is 0.494 e. The van der Waals surface area contributed by atoms with Crippen LogP contribution in [-0.4, -0.2) is 12.5 Å². The smallest absolute Gasteiger partial charge is 0.228 e. The van der Waals surface area contributed by atoms with Gasteiger partial charge in [0.1, 0.15) is 5.75 Å². The summed E-state index contributed by atoms with van der Waals surface area (Å²) in [6.07, 6.45) is 0.337. The zero-order valence-electron chi connectivity index (χ0n) is 12.1. The van der Waals surface area contributed by atoms with Crippen molar-refractivity contribution in [1.82, 2.24) is 0 Å². The highest BCUT2D eigenvalue weighted by Crippen LogP contribution is 2.17. The van der Waals surface area contributed by atoms with E-state index in [1.54, 1.807) is 0 Å². The summed E-state index contributed by atoms with van der Waals surface area (Å²) < 4.78 is 5.41. The van der Waals surface area contributed by atoms with Crippen molar-refractivity contribution >= 4 is 11.6 Å². The van der Waals surface area contributed by atoms with Crippen LogP contribution in [0.1, 0.15) is 18.1 Å². The summed E-state index contributed by atoms with van der Waals surface area (Å²) in [5.74, 6) is 0.701. The second-order valence-corrected chi connectivity index (χ2v) is 4.71. The van der Waals surface area contributed by atoms with Gasteiger partial charge in [-0.3, -0.25) is 4.79 Å². The van der Waals surface area contributed by atoms with Gasteiger partial charge in [-0.1, -0.05) is 30.3 Å². The molecular formula is C17H20N2O2. The summed E-state index contributed by atoms with van der Waals surface area (Å²) in [6.45, 7) is 3.04. The fourth-order valence-corrected chi connectivity index (χ4v) is 2.01. The van der Waals surface area contributed by atoms with Gasteiger partial charge in [0.2, 0.25) is 5.91 Å². The number of nitrogens with one attached hydrogen (secondary N) is 1. The minimum absolute atomic E-state index is 0.0517. The second-order valence-electron chi connectivity index (χ2n) is 4.71. The van der Waals surface area contributed by atoms with Gasteiger partial charge in [0.05, 0.1) is 13.0 Å². The van der Waals surface area contributed by atoms with Gasteiger partial charge in [-0.2, -0.15) is 0 Å². The van der Waals surface area contributed by atoms with E-state index < -0.39 is 0 Å². The Hall–Kier alpha value is -2.33. The molecule has 0 aliphatic heterocycles. The zero-order chi connectivity index (χ0) is 15.1. The van der Waals surface area contributed by atoms with E-state index >= 15 is 0 Å². The van der Waals surface area contributed by atoms with E-state index in [1.165, 1.54) is 0 Å². The molecule has 1 amide bonds. The Labute approximate surface area is 124 Å². The Morgan fingerprint density at radius 3 is 2.52 bits per heavy atom. The first-order valence-corrected chi connectivity index (χ1v) is 7.02. The van der Waals surface area contributed by atoms with E-state index in [-0.39, 0.29) is 5.91 Å². The van der Waals surface area contributed by atoms with Gasteiger partial charge in [-0.15, -0.1) is 0 Å². The number of rotatable bonds is 6. The molecule has 2 aromatic rings. The van der Waals surface area contributed by atoms with E-state index in [1.807, 2.05) is 55.5 Å². The van der Waals surface area contributed by atoms with Gasteiger partial charge in [-0.25, -0.2) is 0 Å². The molecule has 0 radical (unpaired) electrons. The number of amides is 1. The molecule has 4 heteroatoms. The highest BCUT2D eigenvalue weighted by atomic mass is 16.5. The predicted molar refractivity (Wildman–Crippen MR) is 84.3 cm³/mol. The fraction of sp³-hybridized carbons (Fsp3) is 0.235. The van der Waals surface area contributed by atoms with Crippen molar-refractivity contribution in [3.8, 4) is 5.75 Å². The standard InChI is InChI=1S/C17H20N2O2/c1-2-21-16-5-3-4-15(11-16)19-17(20)10-13-6-8-14(12-18)9-7-13/h3-9,11H,2,10,12,18H2,1H3,(H,19,20). The third kappa shape index (κ3) is 4.61. The molecule has 0 unspecified atom stereocenters. The second kappa shape index (κ2) is 7.45. The predicted octanol–water partition coefficient (Wildman–Crippen LogP) is 2.73. The topological polar surface area (TPSA) is 64.3 Å². The maximum atomic E-state index is 12.0. The maximum absolute atomic E-state index is 12.0. The lowest BCUT2D eigenvalue weighted by atomic mass is 10.1. The number of carbonyl (C=O) groups excluding carboxylic acids is 1. The van der Waals surface area contributed by atoms with Crippen LogP contribution < -0.4 is 15.8 Å². The number of anilines is 1. The average Bonchev–Trinajstić information content (AvgIpc) is 2.48. The summed E-state index contributed by atoms with van der Waals surface area (Å²) in [4.78, 5) is 12.0. The zero-order valence-corrected chi connectivity index (χ0v) is 12.1. The van der Waals surface area contributed by atoms with Crippen LogP contribution in [0.15, 0.2) is 48.5 Å². The Bertz CT molecular complexity index is 594. The van der Waals surface area contributed by atoms with Gasteiger partial charge >= 0.3 is 0 Å². The number of hydrogen-bond acceptors (Lipinski definition) is 3. The van der Waals surface area contributed by atoms with Gasteiger partial charge in [0, 0.05) is 18.3 Å². The molecule has 0 fully saturated rings. The molecule has 0 atom stereocenters. The average molecular weight is 284 g/mol. The SMILES string of the molecule is CCOc1cccc(NC(=O)Cc2ccc(CN)cc2)c1.